The van der Waals surface area contributed by atoms with Crippen molar-refractivity contribution in [1.29, 1.82) is 0 Å². The predicted molar refractivity (Wildman–Crippen MR) is 180 cm³/mol. The van der Waals surface area contributed by atoms with Crippen LogP contribution >= 0.6 is 0 Å². The van der Waals surface area contributed by atoms with Crippen LogP contribution in [0.4, 0.5) is 0 Å². The standard InChI is InChI=1S/C40H25N3/c1-3-12-27(13-4-1)35-25-38(42-40(41-35)28-14-5-2-6-15-28)43-36-18-10-9-17-34(36)39-33-22-21-30-29-16-8-7-11-26(29)19-20-31(30)32(33)23-24-37(39)43/h1-25H. The third-order valence-corrected chi connectivity index (χ3v) is 8.60. The van der Waals surface area contributed by atoms with E-state index in [-0.39, 0.29) is 0 Å². The van der Waals surface area contributed by atoms with Crippen molar-refractivity contribution in [3.63, 3.8) is 0 Å². The van der Waals surface area contributed by atoms with Gasteiger partial charge in [0.15, 0.2) is 5.82 Å². The number of hydrogen-bond donors (Lipinski definition) is 0. The highest BCUT2D eigenvalue weighted by Gasteiger charge is 2.18. The number of rotatable bonds is 3. The summed E-state index contributed by atoms with van der Waals surface area (Å²) in [5, 5.41) is 10.1. The van der Waals surface area contributed by atoms with Crippen LogP contribution in [0.15, 0.2) is 152 Å². The summed E-state index contributed by atoms with van der Waals surface area (Å²) in [6.07, 6.45) is 0. The van der Waals surface area contributed by atoms with E-state index in [0.29, 0.717) is 5.82 Å². The maximum absolute atomic E-state index is 5.19. The SMILES string of the molecule is c1ccc(-c2cc(-n3c4ccccc4c4c5ccc6c7ccccc7ccc6c5ccc43)nc(-c3ccccc3)n2)cc1. The molecule has 0 aliphatic heterocycles. The summed E-state index contributed by atoms with van der Waals surface area (Å²) in [5.74, 6) is 1.56. The Morgan fingerprint density at radius 1 is 0.395 bits per heavy atom. The van der Waals surface area contributed by atoms with Crippen molar-refractivity contribution in [1.82, 2.24) is 14.5 Å². The van der Waals surface area contributed by atoms with Crippen molar-refractivity contribution in [2.75, 3.05) is 0 Å². The fourth-order valence-electron chi connectivity index (χ4n) is 6.64. The minimum Gasteiger partial charge on any atom is -0.294 e. The minimum atomic E-state index is 0.710. The summed E-state index contributed by atoms with van der Waals surface area (Å²) >= 11 is 0. The number of hydrogen-bond acceptors (Lipinski definition) is 2. The van der Waals surface area contributed by atoms with Gasteiger partial charge in [0.1, 0.15) is 5.82 Å². The molecule has 0 saturated heterocycles. The van der Waals surface area contributed by atoms with Crippen LogP contribution in [0.5, 0.6) is 0 Å². The second-order valence-corrected chi connectivity index (χ2v) is 11.0. The molecular weight excluding hydrogens is 522 g/mol. The van der Waals surface area contributed by atoms with Gasteiger partial charge in [0.2, 0.25) is 0 Å². The van der Waals surface area contributed by atoms with Crippen LogP contribution < -0.4 is 0 Å². The highest BCUT2D eigenvalue weighted by molar-refractivity contribution is 6.27. The number of nitrogens with zero attached hydrogens (tertiary/aromatic N) is 3. The maximum Gasteiger partial charge on any atom is 0.162 e. The third kappa shape index (κ3) is 3.68. The molecule has 2 aromatic heterocycles. The molecule has 0 unspecified atom stereocenters. The third-order valence-electron chi connectivity index (χ3n) is 8.60. The molecule has 0 amide bonds. The molecule has 0 radical (unpaired) electrons. The molecule has 0 aliphatic rings. The van der Waals surface area contributed by atoms with E-state index in [4.69, 9.17) is 9.97 Å². The summed E-state index contributed by atoms with van der Waals surface area (Å²) in [6, 6.07) is 53.7. The van der Waals surface area contributed by atoms with E-state index in [1.807, 2.05) is 24.3 Å². The van der Waals surface area contributed by atoms with Crippen molar-refractivity contribution in [2.45, 2.75) is 0 Å². The average molecular weight is 548 g/mol. The molecule has 0 saturated carbocycles. The van der Waals surface area contributed by atoms with Crippen LogP contribution in [0, 0.1) is 0 Å². The molecule has 0 bridgehead atoms. The average Bonchev–Trinajstić information content (AvgIpc) is 3.43. The van der Waals surface area contributed by atoms with Crippen LogP contribution in [-0.2, 0) is 0 Å². The molecule has 7 aromatic carbocycles. The molecule has 3 nitrogen and oxygen atoms in total. The Morgan fingerprint density at radius 3 is 1.84 bits per heavy atom. The number of benzene rings is 7. The topological polar surface area (TPSA) is 30.7 Å². The van der Waals surface area contributed by atoms with E-state index in [1.165, 1.54) is 43.1 Å². The molecule has 0 N–H and O–H groups in total. The fourth-order valence-corrected chi connectivity index (χ4v) is 6.64. The maximum atomic E-state index is 5.19. The highest BCUT2D eigenvalue weighted by atomic mass is 15.1. The molecule has 0 aliphatic carbocycles. The van der Waals surface area contributed by atoms with Gasteiger partial charge in [0.05, 0.1) is 16.7 Å². The summed E-state index contributed by atoms with van der Waals surface area (Å²) in [4.78, 5) is 10.2. The summed E-state index contributed by atoms with van der Waals surface area (Å²) in [5.41, 5.74) is 5.21. The molecule has 9 aromatic rings. The Labute approximate surface area is 248 Å². The normalized spacial score (nSPS) is 11.7. The zero-order chi connectivity index (χ0) is 28.3. The fraction of sp³-hybridized carbons (Fsp3) is 0. The van der Waals surface area contributed by atoms with E-state index < -0.39 is 0 Å². The van der Waals surface area contributed by atoms with E-state index in [1.54, 1.807) is 0 Å². The lowest BCUT2D eigenvalue weighted by molar-refractivity contribution is 1.05. The first-order chi connectivity index (χ1) is 21.3. The monoisotopic (exact) mass is 547 g/mol. The molecule has 200 valence electrons. The lowest BCUT2D eigenvalue weighted by Gasteiger charge is -2.12. The molecule has 0 atom stereocenters. The summed E-state index contributed by atoms with van der Waals surface area (Å²) < 4.78 is 2.30. The Bertz CT molecular complexity index is 2440. The van der Waals surface area contributed by atoms with Gasteiger partial charge in [-0.15, -0.1) is 0 Å². The van der Waals surface area contributed by atoms with Gasteiger partial charge in [0.25, 0.3) is 0 Å². The van der Waals surface area contributed by atoms with Gasteiger partial charge < -0.3 is 0 Å². The molecule has 2 heterocycles. The van der Waals surface area contributed by atoms with Crippen LogP contribution in [0.1, 0.15) is 0 Å². The second kappa shape index (κ2) is 9.37. The molecular formula is C40H25N3. The van der Waals surface area contributed by atoms with Gasteiger partial charge >= 0.3 is 0 Å². The Balaban J connectivity index is 1.37. The van der Waals surface area contributed by atoms with Gasteiger partial charge in [-0.2, -0.15) is 0 Å². The van der Waals surface area contributed by atoms with Crippen molar-refractivity contribution >= 4 is 54.1 Å². The van der Waals surface area contributed by atoms with E-state index >= 15 is 0 Å². The van der Waals surface area contributed by atoms with Gasteiger partial charge in [0, 0.05) is 28.0 Å². The Hall–Kier alpha value is -5.80. The Kier molecular flexibility index (Phi) is 5.20. The highest BCUT2D eigenvalue weighted by Crippen LogP contribution is 2.40. The van der Waals surface area contributed by atoms with E-state index in [9.17, 15) is 0 Å². The van der Waals surface area contributed by atoms with Crippen molar-refractivity contribution in [3.8, 4) is 28.5 Å². The lowest BCUT2D eigenvalue weighted by Crippen LogP contribution is -2.02. The van der Waals surface area contributed by atoms with Gasteiger partial charge in [-0.25, -0.2) is 9.97 Å². The summed E-state index contributed by atoms with van der Waals surface area (Å²) in [7, 11) is 0. The van der Waals surface area contributed by atoms with Crippen molar-refractivity contribution < 1.29 is 0 Å². The number of fused-ring (bicyclic) bond motifs is 9. The molecule has 9 rings (SSSR count). The number of para-hydroxylation sites is 1. The van der Waals surface area contributed by atoms with Crippen LogP contribution in [0.3, 0.4) is 0 Å². The van der Waals surface area contributed by atoms with Crippen LogP contribution in [0.2, 0.25) is 0 Å². The zero-order valence-corrected chi connectivity index (χ0v) is 23.3. The zero-order valence-electron chi connectivity index (χ0n) is 23.3. The van der Waals surface area contributed by atoms with Crippen molar-refractivity contribution in [3.05, 3.63) is 152 Å². The molecule has 43 heavy (non-hydrogen) atoms. The first-order valence-electron chi connectivity index (χ1n) is 14.6. The smallest absolute Gasteiger partial charge is 0.162 e. The minimum absolute atomic E-state index is 0.710. The van der Waals surface area contributed by atoms with Crippen LogP contribution in [-0.4, -0.2) is 14.5 Å². The van der Waals surface area contributed by atoms with E-state index in [0.717, 1.165) is 33.7 Å². The Morgan fingerprint density at radius 2 is 1.00 bits per heavy atom. The summed E-state index contributed by atoms with van der Waals surface area (Å²) in [6.45, 7) is 0. The van der Waals surface area contributed by atoms with Gasteiger partial charge in [-0.1, -0.05) is 133 Å². The van der Waals surface area contributed by atoms with E-state index in [2.05, 4.69) is 132 Å². The second-order valence-electron chi connectivity index (χ2n) is 11.0. The van der Waals surface area contributed by atoms with Crippen LogP contribution in [0.25, 0.3) is 82.6 Å². The first kappa shape index (κ1) is 23.9. The molecule has 0 spiro atoms. The van der Waals surface area contributed by atoms with Gasteiger partial charge in [-0.05, 0) is 44.5 Å². The largest absolute Gasteiger partial charge is 0.294 e. The van der Waals surface area contributed by atoms with Gasteiger partial charge in [-0.3, -0.25) is 4.57 Å². The molecule has 0 fully saturated rings. The molecule has 3 heteroatoms. The lowest BCUT2D eigenvalue weighted by atomic mass is 9.95. The predicted octanol–water partition coefficient (Wildman–Crippen LogP) is 10.4. The first-order valence-corrected chi connectivity index (χ1v) is 14.6. The number of aromatic nitrogens is 3. The quantitative estimate of drug-likeness (QED) is 0.206. The van der Waals surface area contributed by atoms with Crippen molar-refractivity contribution in [2.24, 2.45) is 0 Å².